The SMILES string of the molecule is CC/C=C\C/C=C\C/C=C\C/C=C\C/C=C\C/C=C\C/C=C\C/C=C\C/C=C\C/C=C\C/C=C\CCCCCCCC(=O)NC(COC1OC(CO)C(OC2OC(CO)C(O)C(O)C2O)C(O)C1O)C(O)/C=C/CCCCCCCCCCCCCCC. The molecule has 2 rings (SSSR count). The molecule has 0 aliphatic carbocycles. The summed E-state index contributed by atoms with van der Waals surface area (Å²) >= 11 is 0. The minimum Gasteiger partial charge on any atom is -0.394 e. The number of allylic oxidation sites excluding steroid dienone is 23. The highest BCUT2D eigenvalue weighted by Crippen LogP contribution is 2.30. The third kappa shape index (κ3) is 40.6. The second-order valence-electron chi connectivity index (χ2n) is 23.2. The van der Waals surface area contributed by atoms with E-state index in [2.05, 4.69) is 153 Å². The normalized spacial score (nSPS) is 24.1. The van der Waals surface area contributed by atoms with Crippen molar-refractivity contribution in [1.29, 1.82) is 0 Å². The Morgan fingerprint density at radius 1 is 0.420 bits per heavy atom. The van der Waals surface area contributed by atoms with Gasteiger partial charge in [-0.05, 0) is 103 Å². The van der Waals surface area contributed by atoms with Crippen LogP contribution in [0, 0.1) is 0 Å². The molecule has 0 bridgehead atoms. The Kier molecular flexibility index (Phi) is 51.6. The van der Waals surface area contributed by atoms with Crippen molar-refractivity contribution in [2.24, 2.45) is 0 Å². The van der Waals surface area contributed by atoms with E-state index in [0.29, 0.717) is 6.42 Å². The minimum atomic E-state index is -1.80. The van der Waals surface area contributed by atoms with Gasteiger partial charge in [0.05, 0.1) is 32.0 Å². The maximum absolute atomic E-state index is 13.3. The van der Waals surface area contributed by atoms with E-state index in [1.807, 2.05) is 6.08 Å². The molecular weight excluding hydrogens is 1110 g/mol. The lowest BCUT2D eigenvalue weighted by atomic mass is 9.97. The van der Waals surface area contributed by atoms with Crippen LogP contribution in [0.15, 0.2) is 146 Å². The molecule has 0 spiro atoms. The van der Waals surface area contributed by atoms with Crippen molar-refractivity contribution in [3.8, 4) is 0 Å². The number of aliphatic hydroxyl groups excluding tert-OH is 8. The van der Waals surface area contributed by atoms with Crippen molar-refractivity contribution in [2.75, 3.05) is 19.8 Å². The fourth-order valence-corrected chi connectivity index (χ4v) is 10.1. The number of hydrogen-bond donors (Lipinski definition) is 9. The van der Waals surface area contributed by atoms with Gasteiger partial charge in [0.1, 0.15) is 48.8 Å². The smallest absolute Gasteiger partial charge is 0.220 e. The maximum atomic E-state index is 13.3. The van der Waals surface area contributed by atoms with Gasteiger partial charge in [-0.3, -0.25) is 4.79 Å². The van der Waals surface area contributed by atoms with E-state index in [4.69, 9.17) is 18.9 Å². The van der Waals surface area contributed by atoms with Gasteiger partial charge >= 0.3 is 0 Å². The molecule has 0 aromatic heterocycles. The van der Waals surface area contributed by atoms with Gasteiger partial charge in [-0.15, -0.1) is 0 Å². The number of hydrogen-bond acceptors (Lipinski definition) is 13. The maximum Gasteiger partial charge on any atom is 0.220 e. The van der Waals surface area contributed by atoms with E-state index >= 15 is 0 Å². The van der Waals surface area contributed by atoms with Crippen LogP contribution in [0.4, 0.5) is 0 Å². The standard InChI is InChI=1S/C74H121NO13/c1-3-5-7-9-11-13-15-17-19-20-21-22-23-24-25-26-27-28-29-30-31-32-33-34-35-36-37-38-39-40-41-42-44-46-48-50-52-54-56-58-66(79)75-62(63(78)57-55-53-51-49-47-45-43-18-16-14-12-10-8-6-4-2)61-85-73-71(84)69(82)72(65(60-77)87-73)88-74-70(83)68(81)67(80)64(59-76)86-74/h5,7,11,13,17,19,21-22,24-25,27-28,30-31,33-34,36-37,39-40,42,44,55,57,62-65,67-74,76-78,80-84H,3-4,6,8-10,12,14-16,18,20,23,26,29,32,35,38,41,43,45-54,56,58-61H2,1-2H3,(H,75,79)/b7-5-,13-11-,19-17-,22-21-,25-24-,28-27-,31-30-,34-33-,37-36-,40-39-,44-42-,57-55+. The van der Waals surface area contributed by atoms with Crippen LogP contribution in [-0.2, 0) is 23.7 Å². The summed E-state index contributed by atoms with van der Waals surface area (Å²) in [6.07, 6.45) is 68.9. The second-order valence-corrected chi connectivity index (χ2v) is 23.2. The van der Waals surface area contributed by atoms with Crippen LogP contribution in [0.3, 0.4) is 0 Å². The summed E-state index contributed by atoms with van der Waals surface area (Å²) in [6, 6.07) is -0.936. The Bertz CT molecular complexity index is 2040. The molecule has 2 saturated heterocycles. The Labute approximate surface area is 532 Å². The van der Waals surface area contributed by atoms with Crippen molar-refractivity contribution < 1.29 is 64.6 Å². The number of carbonyl (C=O) groups excluding carboxylic acids is 1. The molecular formula is C74H121NO13. The highest BCUT2D eigenvalue weighted by molar-refractivity contribution is 5.76. The van der Waals surface area contributed by atoms with Crippen molar-refractivity contribution in [3.05, 3.63) is 146 Å². The number of aliphatic hydroxyl groups is 8. The minimum absolute atomic E-state index is 0.249. The van der Waals surface area contributed by atoms with E-state index in [0.717, 1.165) is 122 Å². The summed E-state index contributed by atoms with van der Waals surface area (Å²) in [6.45, 7) is 2.65. The van der Waals surface area contributed by atoms with E-state index < -0.39 is 86.8 Å². The molecule has 9 N–H and O–H groups in total. The molecule has 2 aliphatic rings. The summed E-state index contributed by atoms with van der Waals surface area (Å²) < 4.78 is 22.8. The molecule has 12 atom stereocenters. The Morgan fingerprint density at radius 2 is 0.784 bits per heavy atom. The predicted octanol–water partition coefficient (Wildman–Crippen LogP) is 13.7. The monoisotopic (exact) mass is 1230 g/mol. The van der Waals surface area contributed by atoms with Gasteiger partial charge in [0.25, 0.3) is 0 Å². The van der Waals surface area contributed by atoms with Crippen LogP contribution >= 0.6 is 0 Å². The molecule has 2 fully saturated rings. The number of ether oxygens (including phenoxy) is 4. The van der Waals surface area contributed by atoms with Crippen LogP contribution in [0.5, 0.6) is 0 Å². The third-order valence-corrected chi connectivity index (χ3v) is 15.5. The van der Waals surface area contributed by atoms with E-state index in [1.165, 1.54) is 70.6 Å². The molecule has 88 heavy (non-hydrogen) atoms. The van der Waals surface area contributed by atoms with Crippen molar-refractivity contribution in [1.82, 2.24) is 5.32 Å². The summed E-state index contributed by atoms with van der Waals surface area (Å²) in [5, 5.41) is 87.2. The quantitative estimate of drug-likeness (QED) is 0.0204. The lowest BCUT2D eigenvalue weighted by Gasteiger charge is -2.46. The number of rotatable bonds is 53. The lowest BCUT2D eigenvalue weighted by Crippen LogP contribution is -2.65. The molecule has 1 amide bonds. The lowest BCUT2D eigenvalue weighted by molar-refractivity contribution is -0.359. The average molecular weight is 1230 g/mol. The van der Waals surface area contributed by atoms with Gasteiger partial charge in [0.2, 0.25) is 5.91 Å². The van der Waals surface area contributed by atoms with Gasteiger partial charge in [-0.2, -0.15) is 0 Å². The van der Waals surface area contributed by atoms with Gasteiger partial charge in [-0.25, -0.2) is 0 Å². The summed E-state index contributed by atoms with van der Waals surface area (Å²) in [5.74, 6) is -0.264. The van der Waals surface area contributed by atoms with Crippen LogP contribution < -0.4 is 5.32 Å². The van der Waals surface area contributed by atoms with Gasteiger partial charge < -0.3 is 65.1 Å². The Morgan fingerprint density at radius 3 is 1.20 bits per heavy atom. The molecule has 14 heteroatoms. The van der Waals surface area contributed by atoms with E-state index in [9.17, 15) is 45.6 Å². The molecule has 500 valence electrons. The summed E-state index contributed by atoms with van der Waals surface area (Å²) in [5.41, 5.74) is 0. The second kappa shape index (κ2) is 56.8. The number of nitrogens with one attached hydrogen (secondary N) is 1. The fraction of sp³-hybridized carbons (Fsp3) is 0.662. The van der Waals surface area contributed by atoms with Crippen LogP contribution in [0.1, 0.15) is 219 Å². The predicted molar refractivity (Wildman–Crippen MR) is 359 cm³/mol. The Balaban J connectivity index is 1.66. The molecule has 2 aliphatic heterocycles. The third-order valence-electron chi connectivity index (χ3n) is 15.5. The molecule has 0 saturated carbocycles. The zero-order chi connectivity index (χ0) is 63.8. The molecule has 0 aromatic carbocycles. The fourth-order valence-electron chi connectivity index (χ4n) is 10.1. The largest absolute Gasteiger partial charge is 0.394 e. The van der Waals surface area contributed by atoms with Crippen molar-refractivity contribution in [2.45, 2.75) is 293 Å². The molecule has 2 heterocycles. The number of amides is 1. The molecule has 0 radical (unpaired) electrons. The van der Waals surface area contributed by atoms with Gasteiger partial charge in [0.15, 0.2) is 12.6 Å². The zero-order valence-electron chi connectivity index (χ0n) is 54.2. The first-order valence-corrected chi connectivity index (χ1v) is 34.1. The molecule has 12 unspecified atom stereocenters. The summed E-state index contributed by atoms with van der Waals surface area (Å²) in [4.78, 5) is 13.3. The first-order chi connectivity index (χ1) is 43.1. The van der Waals surface area contributed by atoms with Crippen molar-refractivity contribution in [3.63, 3.8) is 0 Å². The van der Waals surface area contributed by atoms with Crippen LogP contribution in [-0.4, -0.2) is 140 Å². The molecule has 14 nitrogen and oxygen atoms in total. The highest BCUT2D eigenvalue weighted by Gasteiger charge is 2.51. The number of carbonyl (C=O) groups is 1. The van der Waals surface area contributed by atoms with Crippen LogP contribution in [0.2, 0.25) is 0 Å². The van der Waals surface area contributed by atoms with Gasteiger partial charge in [0, 0.05) is 6.42 Å². The van der Waals surface area contributed by atoms with Crippen LogP contribution in [0.25, 0.3) is 0 Å². The highest BCUT2D eigenvalue weighted by atomic mass is 16.7. The van der Waals surface area contributed by atoms with E-state index in [-0.39, 0.29) is 18.9 Å². The van der Waals surface area contributed by atoms with Crippen molar-refractivity contribution >= 4 is 5.91 Å². The van der Waals surface area contributed by atoms with Gasteiger partial charge in [-0.1, -0.05) is 256 Å². The summed E-state index contributed by atoms with van der Waals surface area (Å²) in [7, 11) is 0. The first kappa shape index (κ1) is 80.0. The zero-order valence-corrected chi connectivity index (χ0v) is 54.2. The number of unbranched alkanes of at least 4 members (excludes halogenated alkanes) is 18. The average Bonchev–Trinajstić information content (AvgIpc) is 2.99. The first-order valence-electron chi connectivity index (χ1n) is 34.1. The van der Waals surface area contributed by atoms with E-state index in [1.54, 1.807) is 6.08 Å². The Hall–Kier alpha value is -4.13. The topological polar surface area (TPSA) is 228 Å². The molecule has 0 aromatic rings.